The summed E-state index contributed by atoms with van der Waals surface area (Å²) in [6.07, 6.45) is 3.37. The van der Waals surface area contributed by atoms with Crippen LogP contribution in [0, 0.1) is 18.3 Å². The maximum absolute atomic E-state index is 13.5. The number of carbonyl (C=O) groups excluding carboxylic acids is 1. The van der Waals surface area contributed by atoms with Gasteiger partial charge in [-0.3, -0.25) is 0 Å². The molecule has 3 aromatic carbocycles. The first-order chi connectivity index (χ1) is 17.5. The van der Waals surface area contributed by atoms with Gasteiger partial charge < -0.3 is 14.7 Å². The van der Waals surface area contributed by atoms with Gasteiger partial charge in [0.2, 0.25) is 0 Å². The molecule has 1 amide bonds. The summed E-state index contributed by atoms with van der Waals surface area (Å²) in [7, 11) is 0. The average Bonchev–Trinajstić information content (AvgIpc) is 3.20. The second kappa shape index (κ2) is 8.80. The topological polar surface area (TPSA) is 73.6 Å². The van der Waals surface area contributed by atoms with Crippen molar-refractivity contribution in [3.63, 3.8) is 0 Å². The molecule has 36 heavy (non-hydrogen) atoms. The van der Waals surface area contributed by atoms with Gasteiger partial charge in [-0.15, -0.1) is 0 Å². The van der Waals surface area contributed by atoms with Gasteiger partial charge in [0.1, 0.15) is 6.61 Å². The molecule has 5 nitrogen and oxygen atoms in total. The molecule has 5 heteroatoms. The van der Waals surface area contributed by atoms with Gasteiger partial charge in [-0.25, -0.2) is 4.79 Å². The van der Waals surface area contributed by atoms with Gasteiger partial charge in [0, 0.05) is 30.8 Å². The van der Waals surface area contributed by atoms with E-state index < -0.39 is 5.60 Å². The van der Waals surface area contributed by atoms with Crippen molar-refractivity contribution in [2.75, 3.05) is 6.61 Å². The number of benzene rings is 3. The summed E-state index contributed by atoms with van der Waals surface area (Å²) in [5.41, 5.74) is 6.11. The van der Waals surface area contributed by atoms with Gasteiger partial charge in [0.15, 0.2) is 0 Å². The molecule has 182 valence electrons. The molecule has 2 aliphatic heterocycles. The Morgan fingerprint density at radius 2 is 1.64 bits per heavy atom. The number of aliphatic hydroxyl groups is 1. The first-order valence-corrected chi connectivity index (χ1v) is 12.9. The summed E-state index contributed by atoms with van der Waals surface area (Å²) in [5.74, 6) is 0.0271. The van der Waals surface area contributed by atoms with Crippen molar-refractivity contribution in [2.24, 2.45) is 0 Å². The Hall–Kier alpha value is -3.62. The van der Waals surface area contributed by atoms with Crippen molar-refractivity contribution in [1.29, 1.82) is 5.26 Å². The quantitative estimate of drug-likeness (QED) is 0.500. The van der Waals surface area contributed by atoms with E-state index in [1.807, 2.05) is 48.2 Å². The lowest BCUT2D eigenvalue weighted by Gasteiger charge is -2.51. The Labute approximate surface area is 211 Å². The molecule has 2 bridgehead atoms. The minimum Gasteiger partial charge on any atom is -0.448 e. The first-order valence-electron chi connectivity index (χ1n) is 12.9. The van der Waals surface area contributed by atoms with E-state index in [0.29, 0.717) is 25.0 Å². The number of aryl methyl sites for hydroxylation is 1. The van der Waals surface area contributed by atoms with Crippen LogP contribution in [0.2, 0.25) is 0 Å². The van der Waals surface area contributed by atoms with Gasteiger partial charge >= 0.3 is 6.09 Å². The van der Waals surface area contributed by atoms with Crippen molar-refractivity contribution in [3.8, 4) is 17.2 Å². The number of piperidine rings is 2. The number of carbonyl (C=O) groups is 1. The Morgan fingerprint density at radius 1 is 1.03 bits per heavy atom. The highest BCUT2D eigenvalue weighted by molar-refractivity contribution is 5.79. The zero-order valence-corrected chi connectivity index (χ0v) is 20.5. The number of nitrogens with zero attached hydrogens (tertiary/aromatic N) is 2. The van der Waals surface area contributed by atoms with Crippen molar-refractivity contribution in [3.05, 3.63) is 94.5 Å². The Morgan fingerprint density at radius 3 is 2.25 bits per heavy atom. The van der Waals surface area contributed by atoms with Crippen LogP contribution in [0.25, 0.3) is 11.1 Å². The largest absolute Gasteiger partial charge is 0.448 e. The Bertz CT molecular complexity index is 1310. The minimum atomic E-state index is -1.05. The number of nitriles is 1. The normalized spacial score (nSPS) is 24.5. The lowest BCUT2D eigenvalue weighted by molar-refractivity contribution is -0.0893. The van der Waals surface area contributed by atoms with Crippen LogP contribution in [0.15, 0.2) is 66.7 Å². The Kier molecular flexibility index (Phi) is 5.58. The number of amides is 1. The van der Waals surface area contributed by atoms with Crippen molar-refractivity contribution < 1.29 is 14.6 Å². The molecular formula is C31H30N2O3. The molecule has 0 radical (unpaired) electrons. The zero-order chi connectivity index (χ0) is 24.9. The number of hydrogen-bond donors (Lipinski definition) is 1. The fourth-order valence-corrected chi connectivity index (χ4v) is 6.81. The molecule has 2 fully saturated rings. The molecule has 6 rings (SSSR count). The predicted octanol–water partition coefficient (Wildman–Crippen LogP) is 6.02. The SMILES string of the molecule is Cc1ccc(C#N)cc1C1(O)CC2CCCC(C1)N2C(=O)OCC1c2ccccc2-c2ccccc21. The third kappa shape index (κ3) is 3.68. The number of hydrogen-bond acceptors (Lipinski definition) is 4. The summed E-state index contributed by atoms with van der Waals surface area (Å²) < 4.78 is 6.01. The van der Waals surface area contributed by atoms with Crippen LogP contribution in [-0.4, -0.2) is 34.8 Å². The molecule has 0 saturated carbocycles. The fourth-order valence-electron chi connectivity index (χ4n) is 6.81. The van der Waals surface area contributed by atoms with Gasteiger partial charge in [-0.05, 0) is 71.7 Å². The lowest BCUT2D eigenvalue weighted by atomic mass is 9.71. The highest BCUT2D eigenvalue weighted by Gasteiger charge is 2.49. The lowest BCUT2D eigenvalue weighted by Crippen LogP contribution is -2.59. The van der Waals surface area contributed by atoms with E-state index in [2.05, 4.69) is 30.3 Å². The van der Waals surface area contributed by atoms with E-state index in [1.165, 1.54) is 22.3 Å². The van der Waals surface area contributed by atoms with Crippen LogP contribution in [0.1, 0.15) is 65.8 Å². The van der Waals surface area contributed by atoms with Crippen LogP contribution >= 0.6 is 0 Å². The van der Waals surface area contributed by atoms with Crippen LogP contribution < -0.4 is 0 Å². The molecule has 3 aromatic rings. The van der Waals surface area contributed by atoms with Crippen molar-refractivity contribution in [1.82, 2.24) is 4.90 Å². The highest BCUT2D eigenvalue weighted by atomic mass is 16.6. The van der Waals surface area contributed by atoms with Gasteiger partial charge in [0.05, 0.1) is 17.2 Å². The molecule has 2 unspecified atom stereocenters. The van der Waals surface area contributed by atoms with Crippen LogP contribution in [0.3, 0.4) is 0 Å². The zero-order valence-electron chi connectivity index (χ0n) is 20.5. The first kappa shape index (κ1) is 22.8. The summed E-state index contributed by atoms with van der Waals surface area (Å²) in [6, 6.07) is 24.2. The van der Waals surface area contributed by atoms with Gasteiger partial charge in [0.25, 0.3) is 0 Å². The van der Waals surface area contributed by atoms with Crippen LogP contribution in [0.4, 0.5) is 4.79 Å². The second-order valence-electron chi connectivity index (χ2n) is 10.5. The molecule has 2 atom stereocenters. The average molecular weight is 479 g/mol. The molecule has 2 heterocycles. The van der Waals surface area contributed by atoms with Crippen molar-refractivity contribution in [2.45, 2.75) is 62.6 Å². The maximum Gasteiger partial charge on any atom is 0.410 e. The minimum absolute atomic E-state index is 0.0271. The van der Waals surface area contributed by atoms with E-state index in [4.69, 9.17) is 4.74 Å². The second-order valence-corrected chi connectivity index (χ2v) is 10.5. The Balaban J connectivity index is 1.22. The van der Waals surface area contributed by atoms with E-state index in [9.17, 15) is 15.2 Å². The third-order valence-corrected chi connectivity index (χ3v) is 8.42. The molecule has 2 saturated heterocycles. The van der Waals surface area contributed by atoms with E-state index in [-0.39, 0.29) is 24.1 Å². The third-order valence-electron chi connectivity index (χ3n) is 8.42. The highest BCUT2D eigenvalue weighted by Crippen LogP contribution is 2.47. The molecule has 1 N–H and O–H groups in total. The molecular weight excluding hydrogens is 448 g/mol. The van der Waals surface area contributed by atoms with Crippen molar-refractivity contribution >= 4 is 6.09 Å². The number of fused-ring (bicyclic) bond motifs is 5. The summed E-state index contributed by atoms with van der Waals surface area (Å²) in [4.78, 5) is 15.4. The summed E-state index contributed by atoms with van der Waals surface area (Å²) >= 11 is 0. The smallest absolute Gasteiger partial charge is 0.410 e. The van der Waals surface area contributed by atoms with Gasteiger partial charge in [-0.2, -0.15) is 5.26 Å². The van der Waals surface area contributed by atoms with Gasteiger partial charge in [-0.1, -0.05) is 54.6 Å². The standard InChI is InChI=1S/C31H30N2O3/c1-20-13-14-21(18-32)15-29(20)31(35)16-22-7-6-8-23(17-31)33(22)30(34)36-19-28-26-11-4-2-9-24(26)25-10-3-5-12-27(25)28/h2-5,9-15,22-23,28,35H,6-8,16-17,19H2,1H3. The number of ether oxygens (including phenoxy) is 1. The molecule has 1 aliphatic carbocycles. The summed E-state index contributed by atoms with van der Waals surface area (Å²) in [5, 5.41) is 21.2. The fraction of sp³-hybridized carbons (Fsp3) is 0.355. The molecule has 3 aliphatic rings. The number of rotatable bonds is 3. The predicted molar refractivity (Wildman–Crippen MR) is 137 cm³/mol. The summed E-state index contributed by atoms with van der Waals surface area (Å²) in [6.45, 7) is 2.28. The molecule has 0 aromatic heterocycles. The maximum atomic E-state index is 13.5. The van der Waals surface area contributed by atoms with Crippen LogP contribution in [-0.2, 0) is 10.3 Å². The monoisotopic (exact) mass is 478 g/mol. The van der Waals surface area contributed by atoms with Crippen LogP contribution in [0.5, 0.6) is 0 Å². The van der Waals surface area contributed by atoms with E-state index in [0.717, 1.165) is 30.4 Å². The molecule has 0 spiro atoms. The van der Waals surface area contributed by atoms with E-state index >= 15 is 0 Å². The van der Waals surface area contributed by atoms with E-state index in [1.54, 1.807) is 6.07 Å².